The summed E-state index contributed by atoms with van der Waals surface area (Å²) in [6, 6.07) is 3.66. The quantitative estimate of drug-likeness (QED) is 0.714. The molecule has 0 aromatic carbocycles. The smallest absolute Gasteiger partial charge is 0.358 e. The maximum atomic E-state index is 11.5. The molecule has 0 bridgehead atoms. The van der Waals surface area contributed by atoms with E-state index in [4.69, 9.17) is 10.00 Å². The first kappa shape index (κ1) is 12.0. The standard InChI is InChI=1S/C11H13N3O2/c1-4-16-11(15)10-8(7-12)9(14(2)3)5-6-13-10/h5-6H,4H2,1-3H3. The largest absolute Gasteiger partial charge is 0.461 e. The number of anilines is 1. The lowest BCUT2D eigenvalue weighted by atomic mass is 10.1. The lowest BCUT2D eigenvalue weighted by Crippen LogP contribution is -2.15. The second-order valence-corrected chi connectivity index (χ2v) is 3.28. The van der Waals surface area contributed by atoms with Crippen LogP contribution in [0.3, 0.4) is 0 Å². The predicted molar refractivity (Wildman–Crippen MR) is 59.2 cm³/mol. The predicted octanol–water partition coefficient (Wildman–Crippen LogP) is 1.20. The number of carbonyl (C=O) groups excluding carboxylic acids is 1. The number of esters is 1. The molecule has 0 aliphatic rings. The molecule has 1 aromatic rings. The highest BCUT2D eigenvalue weighted by Crippen LogP contribution is 2.20. The Morgan fingerprint density at radius 3 is 2.81 bits per heavy atom. The number of aromatic nitrogens is 1. The van der Waals surface area contributed by atoms with E-state index in [0.29, 0.717) is 5.69 Å². The van der Waals surface area contributed by atoms with Gasteiger partial charge in [0.05, 0.1) is 12.3 Å². The Kier molecular flexibility index (Phi) is 3.84. The minimum absolute atomic E-state index is 0.0653. The van der Waals surface area contributed by atoms with Crippen LogP contribution in [0.4, 0.5) is 5.69 Å². The van der Waals surface area contributed by atoms with Crippen molar-refractivity contribution in [1.29, 1.82) is 5.26 Å². The second kappa shape index (κ2) is 5.12. The molecule has 0 atom stereocenters. The van der Waals surface area contributed by atoms with Gasteiger partial charge in [-0.15, -0.1) is 0 Å². The minimum atomic E-state index is -0.567. The molecule has 0 aliphatic heterocycles. The molecule has 0 radical (unpaired) electrons. The highest BCUT2D eigenvalue weighted by Gasteiger charge is 2.18. The molecule has 0 unspecified atom stereocenters. The summed E-state index contributed by atoms with van der Waals surface area (Å²) in [5, 5.41) is 9.04. The van der Waals surface area contributed by atoms with Gasteiger partial charge in [-0.3, -0.25) is 0 Å². The van der Waals surface area contributed by atoms with Gasteiger partial charge in [0.1, 0.15) is 11.6 Å². The fourth-order valence-electron chi connectivity index (χ4n) is 1.29. The van der Waals surface area contributed by atoms with Crippen molar-refractivity contribution in [3.63, 3.8) is 0 Å². The van der Waals surface area contributed by atoms with Crippen LogP contribution in [0.2, 0.25) is 0 Å². The summed E-state index contributed by atoms with van der Waals surface area (Å²) in [4.78, 5) is 17.2. The molecule has 16 heavy (non-hydrogen) atoms. The summed E-state index contributed by atoms with van der Waals surface area (Å²) < 4.78 is 4.83. The van der Waals surface area contributed by atoms with Gasteiger partial charge in [-0.25, -0.2) is 9.78 Å². The molecule has 0 aliphatic carbocycles. The topological polar surface area (TPSA) is 66.2 Å². The molecule has 0 saturated heterocycles. The van der Waals surface area contributed by atoms with Crippen LogP contribution in [0.25, 0.3) is 0 Å². The van der Waals surface area contributed by atoms with Gasteiger partial charge in [0.15, 0.2) is 5.69 Å². The Hall–Kier alpha value is -2.09. The first-order valence-corrected chi connectivity index (χ1v) is 4.85. The van der Waals surface area contributed by atoms with Crippen molar-refractivity contribution in [3.8, 4) is 6.07 Å². The Morgan fingerprint density at radius 1 is 1.62 bits per heavy atom. The molecular formula is C11H13N3O2. The van der Waals surface area contributed by atoms with E-state index in [-0.39, 0.29) is 17.9 Å². The van der Waals surface area contributed by atoms with Crippen molar-refractivity contribution < 1.29 is 9.53 Å². The molecular weight excluding hydrogens is 206 g/mol. The van der Waals surface area contributed by atoms with Crippen molar-refractivity contribution in [2.24, 2.45) is 0 Å². The number of pyridine rings is 1. The van der Waals surface area contributed by atoms with Crippen molar-refractivity contribution in [2.75, 3.05) is 25.6 Å². The summed E-state index contributed by atoms with van der Waals surface area (Å²) in [5.41, 5.74) is 0.960. The van der Waals surface area contributed by atoms with Gasteiger partial charge < -0.3 is 9.64 Å². The molecule has 1 aromatic heterocycles. The van der Waals surface area contributed by atoms with Gasteiger partial charge in [-0.2, -0.15) is 5.26 Å². The van der Waals surface area contributed by atoms with Gasteiger partial charge >= 0.3 is 5.97 Å². The number of carbonyl (C=O) groups is 1. The van der Waals surface area contributed by atoms with Crippen molar-refractivity contribution in [3.05, 3.63) is 23.5 Å². The summed E-state index contributed by atoms with van der Waals surface area (Å²) in [6.07, 6.45) is 1.49. The van der Waals surface area contributed by atoms with Gasteiger partial charge in [-0.1, -0.05) is 0 Å². The fourth-order valence-corrected chi connectivity index (χ4v) is 1.29. The number of ether oxygens (including phenoxy) is 1. The van der Waals surface area contributed by atoms with Gasteiger partial charge in [-0.05, 0) is 13.0 Å². The molecule has 0 N–H and O–H groups in total. The van der Waals surface area contributed by atoms with E-state index in [2.05, 4.69) is 4.98 Å². The van der Waals surface area contributed by atoms with E-state index in [1.165, 1.54) is 6.20 Å². The summed E-state index contributed by atoms with van der Waals surface area (Å²) in [7, 11) is 3.59. The number of hydrogen-bond donors (Lipinski definition) is 0. The van der Waals surface area contributed by atoms with Crippen LogP contribution >= 0.6 is 0 Å². The Labute approximate surface area is 94.3 Å². The number of nitriles is 1. The number of rotatable bonds is 3. The third-order valence-electron chi connectivity index (χ3n) is 1.99. The van der Waals surface area contributed by atoms with Crippen molar-refractivity contribution in [2.45, 2.75) is 6.92 Å². The fraction of sp³-hybridized carbons (Fsp3) is 0.364. The van der Waals surface area contributed by atoms with E-state index in [1.807, 2.05) is 6.07 Å². The third-order valence-corrected chi connectivity index (χ3v) is 1.99. The number of hydrogen-bond acceptors (Lipinski definition) is 5. The van der Waals surface area contributed by atoms with Gasteiger partial charge in [0, 0.05) is 20.3 Å². The summed E-state index contributed by atoms with van der Waals surface area (Å²) >= 11 is 0. The van der Waals surface area contributed by atoms with Gasteiger partial charge in [0.2, 0.25) is 0 Å². The van der Waals surface area contributed by atoms with Crippen LogP contribution in [-0.2, 0) is 4.74 Å². The molecule has 0 spiro atoms. The minimum Gasteiger partial charge on any atom is -0.461 e. The average Bonchev–Trinajstić information content (AvgIpc) is 2.28. The van der Waals surface area contributed by atoms with Crippen LogP contribution in [0.5, 0.6) is 0 Å². The van der Waals surface area contributed by atoms with Crippen LogP contribution in [0.1, 0.15) is 23.0 Å². The maximum Gasteiger partial charge on any atom is 0.358 e. The zero-order valence-corrected chi connectivity index (χ0v) is 9.52. The monoisotopic (exact) mass is 219 g/mol. The van der Waals surface area contributed by atoms with Crippen LogP contribution in [-0.4, -0.2) is 31.7 Å². The van der Waals surface area contributed by atoms with Crippen LogP contribution < -0.4 is 4.90 Å². The van der Waals surface area contributed by atoms with Crippen molar-refractivity contribution in [1.82, 2.24) is 4.98 Å². The third kappa shape index (κ3) is 2.28. The lowest BCUT2D eigenvalue weighted by Gasteiger charge is -2.15. The van der Waals surface area contributed by atoms with Crippen LogP contribution in [0.15, 0.2) is 12.3 Å². The Balaban J connectivity index is 3.25. The Morgan fingerprint density at radius 2 is 2.31 bits per heavy atom. The number of nitrogens with zero attached hydrogens (tertiary/aromatic N) is 3. The highest BCUT2D eigenvalue weighted by molar-refractivity contribution is 5.92. The van der Waals surface area contributed by atoms with Crippen LogP contribution in [0, 0.1) is 11.3 Å². The molecule has 0 fully saturated rings. The first-order chi connectivity index (χ1) is 7.61. The van der Waals surface area contributed by atoms with E-state index in [9.17, 15) is 4.79 Å². The summed E-state index contributed by atoms with van der Waals surface area (Å²) in [5.74, 6) is -0.567. The van der Waals surface area contributed by atoms with E-state index < -0.39 is 5.97 Å². The molecule has 1 heterocycles. The molecule has 0 amide bonds. The molecule has 5 nitrogen and oxygen atoms in total. The molecule has 5 heteroatoms. The van der Waals surface area contributed by atoms with Gasteiger partial charge in [0.25, 0.3) is 0 Å². The van der Waals surface area contributed by atoms with E-state index in [1.54, 1.807) is 32.0 Å². The lowest BCUT2D eigenvalue weighted by molar-refractivity contribution is 0.0519. The normalized spacial score (nSPS) is 9.38. The second-order valence-electron chi connectivity index (χ2n) is 3.28. The first-order valence-electron chi connectivity index (χ1n) is 4.85. The Bertz CT molecular complexity index is 435. The summed E-state index contributed by atoms with van der Waals surface area (Å²) in [6.45, 7) is 1.97. The van der Waals surface area contributed by atoms with Crippen molar-refractivity contribution >= 4 is 11.7 Å². The van der Waals surface area contributed by atoms with E-state index >= 15 is 0 Å². The SMILES string of the molecule is CCOC(=O)c1nccc(N(C)C)c1C#N. The maximum absolute atomic E-state index is 11.5. The zero-order valence-electron chi connectivity index (χ0n) is 9.52. The highest BCUT2D eigenvalue weighted by atomic mass is 16.5. The zero-order chi connectivity index (χ0) is 12.1. The molecule has 0 saturated carbocycles. The average molecular weight is 219 g/mol. The molecule has 1 rings (SSSR count). The van der Waals surface area contributed by atoms with E-state index in [0.717, 1.165) is 0 Å². The molecule has 84 valence electrons.